The number of anilines is 1. The third-order valence-electron chi connectivity index (χ3n) is 8.01. The predicted molar refractivity (Wildman–Crippen MR) is 160 cm³/mol. The van der Waals surface area contributed by atoms with Gasteiger partial charge in [0, 0.05) is 45.9 Å². The Labute approximate surface area is 252 Å². The minimum absolute atomic E-state index is 0.181. The van der Waals surface area contributed by atoms with E-state index in [2.05, 4.69) is 25.4 Å². The molecule has 3 aliphatic rings. The van der Waals surface area contributed by atoms with E-state index < -0.39 is 5.79 Å². The molecule has 2 saturated heterocycles. The summed E-state index contributed by atoms with van der Waals surface area (Å²) in [4.78, 5) is 28.0. The average Bonchev–Trinajstić information content (AvgIpc) is 3.62. The zero-order valence-electron chi connectivity index (χ0n) is 23.5. The third kappa shape index (κ3) is 5.08. The van der Waals surface area contributed by atoms with Gasteiger partial charge in [0.2, 0.25) is 0 Å². The van der Waals surface area contributed by atoms with Crippen molar-refractivity contribution < 1.29 is 23.7 Å². The van der Waals surface area contributed by atoms with Gasteiger partial charge in [-0.15, -0.1) is 11.3 Å². The van der Waals surface area contributed by atoms with Gasteiger partial charge in [-0.05, 0) is 43.7 Å². The Hall–Kier alpha value is -3.38. The largest absolute Gasteiger partial charge is 0.462 e. The van der Waals surface area contributed by atoms with Crippen LogP contribution < -0.4 is 14.4 Å². The van der Waals surface area contributed by atoms with Crippen LogP contribution in [0.25, 0.3) is 10.3 Å². The first-order valence-corrected chi connectivity index (χ1v) is 15.5. The Morgan fingerprint density at radius 2 is 2.02 bits per heavy atom. The summed E-state index contributed by atoms with van der Waals surface area (Å²) < 4.78 is 25.9. The number of fused-ring (bicyclic) bond motifs is 2. The first kappa shape index (κ1) is 27.5. The lowest BCUT2D eigenvalue weighted by Crippen LogP contribution is -2.46. The van der Waals surface area contributed by atoms with Gasteiger partial charge in [-0.3, -0.25) is 9.88 Å². The number of carbonyl (C=O) groups is 1. The number of nitrogens with zero attached hydrogens (tertiary/aromatic N) is 5. The number of para-hydroxylation sites is 1. The van der Waals surface area contributed by atoms with Crippen molar-refractivity contribution >= 4 is 44.9 Å². The summed E-state index contributed by atoms with van der Waals surface area (Å²) in [5.41, 5.74) is 2.65. The minimum Gasteiger partial charge on any atom is -0.462 e. The highest BCUT2D eigenvalue weighted by molar-refractivity contribution is 7.20. The van der Waals surface area contributed by atoms with E-state index in [1.165, 1.54) is 11.3 Å². The van der Waals surface area contributed by atoms with E-state index in [1.807, 2.05) is 38.1 Å². The Kier molecular flexibility index (Phi) is 7.21. The van der Waals surface area contributed by atoms with Crippen LogP contribution in [0.1, 0.15) is 41.5 Å². The zero-order chi connectivity index (χ0) is 28.8. The van der Waals surface area contributed by atoms with E-state index in [4.69, 9.17) is 35.5 Å². The van der Waals surface area contributed by atoms with E-state index in [9.17, 15) is 4.79 Å². The maximum atomic E-state index is 12.3. The number of hydrogen-bond donors (Lipinski definition) is 0. The fourth-order valence-electron chi connectivity index (χ4n) is 5.68. The second kappa shape index (κ2) is 11.0. The average molecular weight is 610 g/mol. The standard InChI is InChI=1S/C30H32ClN5O5S/c1-3-38-29(37)24-15-22-28(42-24)33-26(36(22)17-20-9-14-39-20)18-34-10-12-35(13-11-34)21-5-4-6-23-27(21)41-30(2,40-23)25-8-7-19(31)16-32-25/h4-8,15-16,20H,3,9-14,17-18H2,1-2H3/t20-,30-/m0/s1. The summed E-state index contributed by atoms with van der Waals surface area (Å²) in [5.74, 6) is 1.12. The first-order valence-electron chi connectivity index (χ1n) is 14.3. The molecule has 10 nitrogen and oxygen atoms in total. The molecule has 0 N–H and O–H groups in total. The molecular weight excluding hydrogens is 578 g/mol. The molecule has 2 fully saturated rings. The second-order valence-corrected chi connectivity index (χ2v) is 12.3. The van der Waals surface area contributed by atoms with Crippen molar-refractivity contribution in [3.63, 3.8) is 0 Å². The molecule has 4 aromatic rings. The fourth-order valence-corrected chi connectivity index (χ4v) is 6.74. The number of pyridine rings is 1. The zero-order valence-corrected chi connectivity index (χ0v) is 25.1. The number of imidazole rings is 1. The van der Waals surface area contributed by atoms with Crippen molar-refractivity contribution in [1.82, 2.24) is 19.4 Å². The van der Waals surface area contributed by atoms with Gasteiger partial charge in [-0.2, -0.15) is 0 Å². The first-order chi connectivity index (χ1) is 20.4. The van der Waals surface area contributed by atoms with Crippen LogP contribution in [0.2, 0.25) is 5.02 Å². The molecule has 3 aromatic heterocycles. The number of piperazine rings is 1. The lowest BCUT2D eigenvalue weighted by Gasteiger charge is -2.36. The van der Waals surface area contributed by atoms with Crippen LogP contribution in [0, 0.1) is 0 Å². The molecule has 7 rings (SSSR count). The molecule has 42 heavy (non-hydrogen) atoms. The van der Waals surface area contributed by atoms with Crippen LogP contribution in [-0.2, 0) is 28.4 Å². The molecule has 0 bridgehead atoms. The fraction of sp³-hybridized carbons (Fsp3) is 0.433. The highest BCUT2D eigenvalue weighted by atomic mass is 35.5. The number of hydrogen-bond acceptors (Lipinski definition) is 10. The number of esters is 1. The van der Waals surface area contributed by atoms with Gasteiger partial charge in [0.25, 0.3) is 5.79 Å². The molecule has 0 radical (unpaired) electrons. The SMILES string of the molecule is CCOC(=O)c1cc2c(nc(CN3CCN(c4cccc5c4O[C@@](C)(c4ccc(Cl)cn4)O5)CC3)n2C[C@@H]2CCO2)s1. The van der Waals surface area contributed by atoms with Crippen molar-refractivity contribution in [2.75, 3.05) is 44.3 Å². The van der Waals surface area contributed by atoms with Gasteiger partial charge in [0.15, 0.2) is 11.5 Å². The van der Waals surface area contributed by atoms with E-state index in [-0.39, 0.29) is 12.1 Å². The van der Waals surface area contributed by atoms with Gasteiger partial charge < -0.3 is 28.4 Å². The highest BCUT2D eigenvalue weighted by Crippen LogP contribution is 2.49. The predicted octanol–water partition coefficient (Wildman–Crippen LogP) is 5.08. The normalized spacial score (nSPS) is 22.0. The quantitative estimate of drug-likeness (QED) is 0.254. The van der Waals surface area contributed by atoms with E-state index in [0.29, 0.717) is 28.0 Å². The molecule has 6 heterocycles. The summed E-state index contributed by atoms with van der Waals surface area (Å²) in [5, 5.41) is 0.566. The van der Waals surface area contributed by atoms with Gasteiger partial charge in [-0.1, -0.05) is 17.7 Å². The molecule has 0 amide bonds. The Bertz CT molecular complexity index is 1610. The molecule has 2 atom stereocenters. The van der Waals surface area contributed by atoms with Gasteiger partial charge >= 0.3 is 5.97 Å². The Balaban J connectivity index is 1.05. The molecule has 0 spiro atoms. The number of halogens is 1. The number of thiophene rings is 1. The van der Waals surface area contributed by atoms with Crippen LogP contribution in [0.3, 0.4) is 0 Å². The maximum Gasteiger partial charge on any atom is 0.348 e. The van der Waals surface area contributed by atoms with E-state index in [1.54, 1.807) is 12.3 Å². The van der Waals surface area contributed by atoms with Crippen molar-refractivity contribution in [1.29, 1.82) is 0 Å². The lowest BCUT2D eigenvalue weighted by molar-refractivity contribution is -0.0716. The lowest BCUT2D eigenvalue weighted by atomic mass is 10.2. The maximum absolute atomic E-state index is 12.3. The van der Waals surface area contributed by atoms with Crippen LogP contribution in [0.5, 0.6) is 11.5 Å². The van der Waals surface area contributed by atoms with Crippen LogP contribution >= 0.6 is 22.9 Å². The van der Waals surface area contributed by atoms with Crippen LogP contribution in [0.15, 0.2) is 42.6 Å². The molecular formula is C30H32ClN5O5S. The molecule has 0 aliphatic carbocycles. The summed E-state index contributed by atoms with van der Waals surface area (Å²) in [6, 6.07) is 11.5. The molecule has 1 aromatic carbocycles. The summed E-state index contributed by atoms with van der Waals surface area (Å²) in [7, 11) is 0. The molecule has 0 saturated carbocycles. The summed E-state index contributed by atoms with van der Waals surface area (Å²) >= 11 is 7.44. The van der Waals surface area contributed by atoms with Gasteiger partial charge in [0.1, 0.15) is 21.2 Å². The monoisotopic (exact) mass is 609 g/mol. The topological polar surface area (TPSA) is 91.2 Å². The van der Waals surface area contributed by atoms with Gasteiger partial charge in [-0.25, -0.2) is 9.78 Å². The number of benzene rings is 1. The Morgan fingerprint density at radius 3 is 2.74 bits per heavy atom. The van der Waals surface area contributed by atoms with Crippen molar-refractivity contribution in [2.24, 2.45) is 0 Å². The molecule has 12 heteroatoms. The molecule has 0 unspecified atom stereocenters. The Morgan fingerprint density at radius 1 is 1.19 bits per heavy atom. The van der Waals surface area contributed by atoms with Crippen LogP contribution in [0.4, 0.5) is 5.69 Å². The molecule has 220 valence electrons. The smallest absolute Gasteiger partial charge is 0.348 e. The number of carbonyl (C=O) groups excluding carboxylic acids is 1. The number of rotatable bonds is 8. The molecule has 3 aliphatic heterocycles. The highest BCUT2D eigenvalue weighted by Gasteiger charge is 2.42. The van der Waals surface area contributed by atoms with Crippen LogP contribution in [-0.4, -0.2) is 70.9 Å². The second-order valence-electron chi connectivity index (χ2n) is 10.8. The van der Waals surface area contributed by atoms with Gasteiger partial charge in [0.05, 0.1) is 42.0 Å². The van der Waals surface area contributed by atoms with E-state index >= 15 is 0 Å². The number of aromatic nitrogens is 3. The van der Waals surface area contributed by atoms with Crippen molar-refractivity contribution in [2.45, 2.75) is 45.2 Å². The van der Waals surface area contributed by atoms with Crippen molar-refractivity contribution in [3.05, 3.63) is 64.0 Å². The number of ether oxygens (including phenoxy) is 4. The third-order valence-corrected chi connectivity index (χ3v) is 9.23. The van der Waals surface area contributed by atoms with Crippen molar-refractivity contribution in [3.8, 4) is 11.5 Å². The minimum atomic E-state index is -1.02. The summed E-state index contributed by atoms with van der Waals surface area (Å²) in [6.45, 7) is 9.72. The van der Waals surface area contributed by atoms with E-state index in [0.717, 1.165) is 79.9 Å². The summed E-state index contributed by atoms with van der Waals surface area (Å²) in [6.07, 6.45) is 2.82.